The SMILES string of the molecule is CCCCC(NCCc1cnn(C)c1)c1ccccc1. The van der Waals surface area contributed by atoms with E-state index in [1.165, 1.54) is 30.4 Å². The molecule has 0 aliphatic rings. The van der Waals surface area contributed by atoms with Gasteiger partial charge in [-0.3, -0.25) is 4.68 Å². The summed E-state index contributed by atoms with van der Waals surface area (Å²) in [7, 11) is 1.96. The van der Waals surface area contributed by atoms with Crippen LogP contribution in [0.15, 0.2) is 42.7 Å². The molecule has 0 spiro atoms. The van der Waals surface area contributed by atoms with Crippen LogP contribution >= 0.6 is 0 Å². The Balaban J connectivity index is 1.87. The lowest BCUT2D eigenvalue weighted by atomic mass is 10.0. The topological polar surface area (TPSA) is 29.9 Å². The quantitative estimate of drug-likeness (QED) is 0.796. The second-order valence-electron chi connectivity index (χ2n) is 5.33. The van der Waals surface area contributed by atoms with Crippen molar-refractivity contribution in [2.24, 2.45) is 7.05 Å². The van der Waals surface area contributed by atoms with E-state index in [9.17, 15) is 0 Å². The molecule has 0 aliphatic heterocycles. The maximum absolute atomic E-state index is 4.21. The molecule has 0 fully saturated rings. The zero-order chi connectivity index (χ0) is 14.2. The lowest BCUT2D eigenvalue weighted by Gasteiger charge is -2.19. The molecule has 2 rings (SSSR count). The summed E-state index contributed by atoms with van der Waals surface area (Å²) in [5.74, 6) is 0. The minimum atomic E-state index is 0.466. The normalized spacial score (nSPS) is 12.5. The third kappa shape index (κ3) is 4.49. The zero-order valence-electron chi connectivity index (χ0n) is 12.5. The summed E-state index contributed by atoms with van der Waals surface area (Å²) < 4.78 is 1.86. The van der Waals surface area contributed by atoms with Crippen molar-refractivity contribution < 1.29 is 0 Å². The van der Waals surface area contributed by atoms with Crippen molar-refractivity contribution in [2.75, 3.05) is 6.54 Å². The molecule has 1 aromatic heterocycles. The van der Waals surface area contributed by atoms with E-state index >= 15 is 0 Å². The summed E-state index contributed by atoms with van der Waals surface area (Å²) in [5.41, 5.74) is 2.69. The molecular formula is C17H25N3. The van der Waals surface area contributed by atoms with Gasteiger partial charge < -0.3 is 5.32 Å². The van der Waals surface area contributed by atoms with Crippen LogP contribution in [0.1, 0.15) is 43.4 Å². The summed E-state index contributed by atoms with van der Waals surface area (Å²) in [4.78, 5) is 0. The smallest absolute Gasteiger partial charge is 0.0522 e. The van der Waals surface area contributed by atoms with E-state index in [0.29, 0.717) is 6.04 Å². The molecule has 0 aliphatic carbocycles. The predicted molar refractivity (Wildman–Crippen MR) is 83.6 cm³/mol. The van der Waals surface area contributed by atoms with Crippen molar-refractivity contribution in [2.45, 2.75) is 38.6 Å². The van der Waals surface area contributed by atoms with Gasteiger partial charge in [-0.05, 0) is 30.5 Å². The van der Waals surface area contributed by atoms with Gasteiger partial charge in [0, 0.05) is 19.3 Å². The monoisotopic (exact) mass is 271 g/mol. The number of nitrogens with zero attached hydrogens (tertiary/aromatic N) is 2. The molecule has 0 saturated heterocycles. The Morgan fingerprint density at radius 3 is 2.70 bits per heavy atom. The first-order valence-electron chi connectivity index (χ1n) is 7.55. The van der Waals surface area contributed by atoms with Gasteiger partial charge in [0.15, 0.2) is 0 Å². The summed E-state index contributed by atoms with van der Waals surface area (Å²) in [6.07, 6.45) is 8.78. The number of benzene rings is 1. The van der Waals surface area contributed by atoms with E-state index in [2.05, 4.69) is 53.9 Å². The summed E-state index contributed by atoms with van der Waals surface area (Å²) in [6, 6.07) is 11.2. The molecule has 0 bridgehead atoms. The molecule has 1 heterocycles. The second kappa shape index (κ2) is 7.85. The van der Waals surface area contributed by atoms with Gasteiger partial charge in [0.05, 0.1) is 6.20 Å². The third-order valence-corrected chi connectivity index (χ3v) is 3.61. The van der Waals surface area contributed by atoms with Crippen LogP contribution < -0.4 is 5.32 Å². The van der Waals surface area contributed by atoms with Crippen LogP contribution in [0.3, 0.4) is 0 Å². The Labute approximate surface area is 122 Å². The minimum absolute atomic E-state index is 0.466. The Kier molecular flexibility index (Phi) is 5.81. The van der Waals surface area contributed by atoms with Crippen LogP contribution in [0.2, 0.25) is 0 Å². The molecule has 3 heteroatoms. The van der Waals surface area contributed by atoms with Crippen LogP contribution in [0.4, 0.5) is 0 Å². The molecule has 1 N–H and O–H groups in total. The number of aromatic nitrogens is 2. The predicted octanol–water partition coefficient (Wildman–Crippen LogP) is 3.48. The Hall–Kier alpha value is -1.61. The summed E-state index contributed by atoms with van der Waals surface area (Å²) in [6.45, 7) is 3.24. The largest absolute Gasteiger partial charge is 0.310 e. The minimum Gasteiger partial charge on any atom is -0.310 e. The van der Waals surface area contributed by atoms with E-state index in [0.717, 1.165) is 13.0 Å². The molecule has 108 valence electrons. The number of aryl methyl sites for hydroxylation is 1. The summed E-state index contributed by atoms with van der Waals surface area (Å²) >= 11 is 0. The van der Waals surface area contributed by atoms with Gasteiger partial charge in [-0.1, -0.05) is 50.1 Å². The van der Waals surface area contributed by atoms with Crippen LogP contribution in [-0.4, -0.2) is 16.3 Å². The first-order valence-corrected chi connectivity index (χ1v) is 7.55. The molecule has 3 nitrogen and oxygen atoms in total. The van der Waals surface area contributed by atoms with Crippen molar-refractivity contribution >= 4 is 0 Å². The van der Waals surface area contributed by atoms with E-state index in [1.54, 1.807) is 0 Å². The van der Waals surface area contributed by atoms with Crippen LogP contribution in [0.25, 0.3) is 0 Å². The fourth-order valence-corrected chi connectivity index (χ4v) is 2.47. The Bertz CT molecular complexity index is 490. The molecule has 20 heavy (non-hydrogen) atoms. The highest BCUT2D eigenvalue weighted by atomic mass is 15.2. The highest BCUT2D eigenvalue weighted by molar-refractivity contribution is 5.19. The average Bonchev–Trinajstić information content (AvgIpc) is 2.89. The van der Waals surface area contributed by atoms with Crippen molar-refractivity contribution in [3.05, 3.63) is 53.9 Å². The van der Waals surface area contributed by atoms with E-state index in [4.69, 9.17) is 0 Å². The van der Waals surface area contributed by atoms with Crippen molar-refractivity contribution in [3.63, 3.8) is 0 Å². The van der Waals surface area contributed by atoms with Gasteiger partial charge >= 0.3 is 0 Å². The fraction of sp³-hybridized carbons (Fsp3) is 0.471. The molecule has 1 aromatic carbocycles. The lowest BCUT2D eigenvalue weighted by Crippen LogP contribution is -2.23. The maximum atomic E-state index is 4.21. The second-order valence-corrected chi connectivity index (χ2v) is 5.33. The first kappa shape index (κ1) is 14.8. The lowest BCUT2D eigenvalue weighted by molar-refractivity contribution is 0.484. The molecule has 1 atom stereocenters. The van der Waals surface area contributed by atoms with Gasteiger partial charge in [0.1, 0.15) is 0 Å². The van der Waals surface area contributed by atoms with Crippen molar-refractivity contribution in [1.82, 2.24) is 15.1 Å². The van der Waals surface area contributed by atoms with E-state index < -0.39 is 0 Å². The molecule has 1 unspecified atom stereocenters. The summed E-state index contributed by atoms with van der Waals surface area (Å²) in [5, 5.41) is 7.90. The average molecular weight is 271 g/mol. The van der Waals surface area contributed by atoms with Crippen LogP contribution in [0.5, 0.6) is 0 Å². The molecule has 0 radical (unpaired) electrons. The van der Waals surface area contributed by atoms with Crippen molar-refractivity contribution in [1.29, 1.82) is 0 Å². The number of hydrogen-bond acceptors (Lipinski definition) is 2. The molecular weight excluding hydrogens is 246 g/mol. The molecule has 0 amide bonds. The first-order chi connectivity index (χ1) is 9.79. The molecule has 2 aromatic rings. The highest BCUT2D eigenvalue weighted by Crippen LogP contribution is 2.19. The highest BCUT2D eigenvalue weighted by Gasteiger charge is 2.09. The van der Waals surface area contributed by atoms with Crippen molar-refractivity contribution in [3.8, 4) is 0 Å². The Morgan fingerprint density at radius 2 is 2.05 bits per heavy atom. The van der Waals surface area contributed by atoms with Gasteiger partial charge in [0.2, 0.25) is 0 Å². The van der Waals surface area contributed by atoms with E-state index in [1.807, 2.05) is 17.9 Å². The molecule has 0 saturated carbocycles. The number of nitrogens with one attached hydrogen (secondary N) is 1. The standard InChI is InChI=1S/C17H25N3/c1-3-4-10-17(16-8-6-5-7-9-16)18-12-11-15-13-19-20(2)14-15/h5-9,13-14,17-18H,3-4,10-12H2,1-2H3. The number of hydrogen-bond donors (Lipinski definition) is 1. The van der Waals surface area contributed by atoms with Gasteiger partial charge in [-0.2, -0.15) is 5.10 Å². The Morgan fingerprint density at radius 1 is 1.25 bits per heavy atom. The van der Waals surface area contributed by atoms with Gasteiger partial charge in [-0.25, -0.2) is 0 Å². The zero-order valence-corrected chi connectivity index (χ0v) is 12.5. The van der Waals surface area contributed by atoms with Crippen LogP contribution in [-0.2, 0) is 13.5 Å². The number of unbranched alkanes of at least 4 members (excludes halogenated alkanes) is 1. The fourth-order valence-electron chi connectivity index (χ4n) is 2.47. The van der Waals surface area contributed by atoms with Crippen LogP contribution in [0, 0.1) is 0 Å². The van der Waals surface area contributed by atoms with Gasteiger partial charge in [-0.15, -0.1) is 0 Å². The maximum Gasteiger partial charge on any atom is 0.0522 e. The van der Waals surface area contributed by atoms with E-state index in [-0.39, 0.29) is 0 Å². The third-order valence-electron chi connectivity index (χ3n) is 3.61. The van der Waals surface area contributed by atoms with Gasteiger partial charge in [0.25, 0.3) is 0 Å². The number of rotatable bonds is 8.